The van der Waals surface area contributed by atoms with E-state index in [0.29, 0.717) is 17.1 Å². The minimum atomic E-state index is -4.55. The van der Waals surface area contributed by atoms with Gasteiger partial charge in [0, 0.05) is 12.1 Å². The van der Waals surface area contributed by atoms with Crippen molar-refractivity contribution in [3.8, 4) is 17.1 Å². The van der Waals surface area contributed by atoms with Crippen molar-refractivity contribution in [1.29, 1.82) is 0 Å². The van der Waals surface area contributed by atoms with Crippen molar-refractivity contribution in [2.75, 3.05) is 12.3 Å². The number of alkyl halides is 3. The zero-order valence-electron chi connectivity index (χ0n) is 16.6. The lowest BCUT2D eigenvalue weighted by atomic mass is 10.1. The molecule has 0 aliphatic carbocycles. The normalized spacial score (nSPS) is 11.3. The molecule has 32 heavy (non-hydrogen) atoms. The number of hydrogen-bond donors (Lipinski definition) is 2. The van der Waals surface area contributed by atoms with Crippen LogP contribution in [0.1, 0.15) is 12.5 Å². The highest BCUT2D eigenvalue weighted by atomic mass is 35.5. The molecule has 0 aliphatic heterocycles. The molecule has 3 rings (SSSR count). The monoisotopic (exact) mass is 483 g/mol. The van der Waals surface area contributed by atoms with Crippen LogP contribution in [0.4, 0.5) is 18.0 Å². The maximum atomic E-state index is 13.3. The van der Waals surface area contributed by atoms with Crippen molar-refractivity contribution < 1.29 is 22.8 Å². The highest BCUT2D eigenvalue weighted by Gasteiger charge is 2.31. The number of benzene rings is 2. The van der Waals surface area contributed by atoms with Gasteiger partial charge in [-0.25, -0.2) is 4.79 Å². The highest BCUT2D eigenvalue weighted by molar-refractivity contribution is 7.99. The van der Waals surface area contributed by atoms with Gasteiger partial charge in [0.1, 0.15) is 0 Å². The number of amides is 3. The van der Waals surface area contributed by atoms with E-state index in [4.69, 9.17) is 11.6 Å². The third-order valence-electron chi connectivity index (χ3n) is 4.10. The fourth-order valence-corrected chi connectivity index (χ4v) is 3.70. The number of aromatic nitrogens is 3. The third kappa shape index (κ3) is 5.60. The molecular formula is C20H17ClF3N5O2S. The van der Waals surface area contributed by atoms with Crippen molar-refractivity contribution in [3.05, 3.63) is 59.1 Å². The van der Waals surface area contributed by atoms with Crippen LogP contribution in [0.25, 0.3) is 17.1 Å². The number of rotatable bonds is 6. The summed E-state index contributed by atoms with van der Waals surface area (Å²) in [7, 11) is 0. The van der Waals surface area contributed by atoms with E-state index in [1.165, 1.54) is 16.7 Å². The molecule has 3 aromatic rings. The van der Waals surface area contributed by atoms with Crippen LogP contribution in [0.2, 0.25) is 5.02 Å². The van der Waals surface area contributed by atoms with Crippen molar-refractivity contribution in [1.82, 2.24) is 25.4 Å². The summed E-state index contributed by atoms with van der Waals surface area (Å²) >= 11 is 7.19. The van der Waals surface area contributed by atoms with Gasteiger partial charge >= 0.3 is 12.2 Å². The molecule has 0 saturated carbocycles. The predicted molar refractivity (Wildman–Crippen MR) is 115 cm³/mol. The molecule has 0 atom stereocenters. The standard InChI is InChI=1S/C20H17ClF3N5O2S/c1-2-25-18(31)26-16(30)11-32-19-28-27-17(14-8-3-4-9-15(14)21)29(19)13-7-5-6-12(10-13)20(22,23)24/h3-10H,2,11H2,1H3,(H2,25,26,30,31). The van der Waals surface area contributed by atoms with Crippen molar-refractivity contribution in [2.24, 2.45) is 0 Å². The van der Waals surface area contributed by atoms with Crippen LogP contribution in [-0.2, 0) is 11.0 Å². The van der Waals surface area contributed by atoms with Gasteiger partial charge in [0.2, 0.25) is 5.91 Å². The Labute approximate surface area is 190 Å². The fraction of sp³-hybridized carbons (Fsp3) is 0.200. The molecule has 0 fully saturated rings. The van der Waals surface area contributed by atoms with E-state index in [9.17, 15) is 22.8 Å². The first kappa shape index (κ1) is 23.6. The molecule has 0 unspecified atom stereocenters. The number of urea groups is 1. The predicted octanol–water partition coefficient (Wildman–Crippen LogP) is 4.54. The largest absolute Gasteiger partial charge is 0.416 e. The molecule has 2 N–H and O–H groups in total. The van der Waals surface area contributed by atoms with Crippen LogP contribution >= 0.6 is 23.4 Å². The molecule has 3 amide bonds. The molecule has 0 saturated heterocycles. The van der Waals surface area contributed by atoms with E-state index in [1.807, 2.05) is 0 Å². The molecule has 0 aliphatic rings. The van der Waals surface area contributed by atoms with Crippen molar-refractivity contribution >= 4 is 35.3 Å². The summed E-state index contributed by atoms with van der Waals surface area (Å²) in [5, 5.41) is 13.2. The smallest absolute Gasteiger partial charge is 0.338 e. The quantitative estimate of drug-likeness (QED) is 0.502. The molecule has 0 bridgehead atoms. The van der Waals surface area contributed by atoms with Crippen molar-refractivity contribution in [3.63, 3.8) is 0 Å². The van der Waals surface area contributed by atoms with Gasteiger partial charge in [0.05, 0.1) is 22.0 Å². The number of halogens is 4. The van der Waals surface area contributed by atoms with E-state index in [-0.39, 0.29) is 22.4 Å². The van der Waals surface area contributed by atoms with Gasteiger partial charge in [-0.1, -0.05) is 41.6 Å². The Morgan fingerprint density at radius 1 is 1.12 bits per heavy atom. The Balaban J connectivity index is 2.00. The second-order valence-electron chi connectivity index (χ2n) is 6.37. The first-order valence-corrected chi connectivity index (χ1v) is 10.7. The Morgan fingerprint density at radius 2 is 1.88 bits per heavy atom. The first-order chi connectivity index (χ1) is 15.2. The van der Waals surface area contributed by atoms with Gasteiger partial charge in [-0.3, -0.25) is 14.7 Å². The van der Waals surface area contributed by atoms with Crippen LogP contribution in [0.5, 0.6) is 0 Å². The topological polar surface area (TPSA) is 88.9 Å². The van der Waals surface area contributed by atoms with Crippen LogP contribution in [0, 0.1) is 0 Å². The molecular weight excluding hydrogens is 467 g/mol. The lowest BCUT2D eigenvalue weighted by molar-refractivity contribution is -0.137. The Hall–Kier alpha value is -3.05. The molecule has 2 aromatic carbocycles. The van der Waals surface area contributed by atoms with Gasteiger partial charge in [-0.15, -0.1) is 10.2 Å². The van der Waals surface area contributed by atoms with Crippen LogP contribution in [0.3, 0.4) is 0 Å². The second kappa shape index (κ2) is 10.0. The SMILES string of the molecule is CCNC(=O)NC(=O)CSc1nnc(-c2ccccc2Cl)n1-c1cccc(C(F)(F)F)c1. The third-order valence-corrected chi connectivity index (χ3v) is 5.36. The molecule has 1 aromatic heterocycles. The summed E-state index contributed by atoms with van der Waals surface area (Å²) in [6, 6.07) is 10.7. The zero-order chi connectivity index (χ0) is 23.3. The van der Waals surface area contributed by atoms with Gasteiger partial charge in [-0.05, 0) is 37.3 Å². The number of nitrogens with one attached hydrogen (secondary N) is 2. The Kier molecular flexibility index (Phi) is 7.41. The number of thioether (sulfide) groups is 1. The average Bonchev–Trinajstić information content (AvgIpc) is 3.16. The highest BCUT2D eigenvalue weighted by Crippen LogP contribution is 2.34. The summed E-state index contributed by atoms with van der Waals surface area (Å²) in [6.45, 7) is 2.05. The number of hydrogen-bond acceptors (Lipinski definition) is 5. The molecule has 0 radical (unpaired) electrons. The maximum Gasteiger partial charge on any atom is 0.416 e. The number of carbonyl (C=O) groups is 2. The maximum absolute atomic E-state index is 13.3. The van der Waals surface area contributed by atoms with Gasteiger partial charge in [0.25, 0.3) is 0 Å². The first-order valence-electron chi connectivity index (χ1n) is 9.29. The average molecular weight is 484 g/mol. The summed E-state index contributed by atoms with van der Waals surface area (Å²) in [4.78, 5) is 23.6. The van der Waals surface area contributed by atoms with E-state index in [0.717, 1.165) is 23.9 Å². The van der Waals surface area contributed by atoms with E-state index in [1.54, 1.807) is 31.2 Å². The van der Waals surface area contributed by atoms with Crippen LogP contribution in [0.15, 0.2) is 53.7 Å². The van der Waals surface area contributed by atoms with Gasteiger partial charge in [-0.2, -0.15) is 13.2 Å². The summed E-state index contributed by atoms with van der Waals surface area (Å²) < 4.78 is 41.2. The van der Waals surface area contributed by atoms with Gasteiger partial charge in [0.15, 0.2) is 11.0 Å². The Bertz CT molecular complexity index is 1140. The molecule has 7 nitrogen and oxygen atoms in total. The van der Waals surface area contributed by atoms with E-state index >= 15 is 0 Å². The van der Waals surface area contributed by atoms with E-state index in [2.05, 4.69) is 20.8 Å². The molecule has 0 spiro atoms. The summed E-state index contributed by atoms with van der Waals surface area (Å²) in [5.74, 6) is -0.600. The number of imide groups is 1. The minimum absolute atomic E-state index is 0.145. The molecule has 168 valence electrons. The second-order valence-corrected chi connectivity index (χ2v) is 7.72. The summed E-state index contributed by atoms with van der Waals surface area (Å²) in [5.41, 5.74) is -0.247. The molecule has 1 heterocycles. The van der Waals surface area contributed by atoms with Crippen LogP contribution < -0.4 is 10.6 Å². The van der Waals surface area contributed by atoms with Crippen molar-refractivity contribution in [2.45, 2.75) is 18.3 Å². The zero-order valence-corrected chi connectivity index (χ0v) is 18.2. The van der Waals surface area contributed by atoms with E-state index < -0.39 is 23.7 Å². The summed E-state index contributed by atoms with van der Waals surface area (Å²) in [6.07, 6.45) is -4.55. The number of nitrogens with zero attached hydrogens (tertiary/aromatic N) is 3. The van der Waals surface area contributed by atoms with Crippen LogP contribution in [-0.4, -0.2) is 39.0 Å². The Morgan fingerprint density at radius 3 is 2.56 bits per heavy atom. The lowest BCUT2D eigenvalue weighted by Crippen LogP contribution is -2.40. The number of carbonyl (C=O) groups excluding carboxylic acids is 2. The molecule has 12 heteroatoms. The lowest BCUT2D eigenvalue weighted by Gasteiger charge is -2.13. The fourth-order valence-electron chi connectivity index (χ4n) is 2.73. The minimum Gasteiger partial charge on any atom is -0.338 e. The van der Waals surface area contributed by atoms with Gasteiger partial charge < -0.3 is 5.32 Å².